The number of hydrogen-bond acceptors (Lipinski definition) is 5. The van der Waals surface area contributed by atoms with Gasteiger partial charge in [0.2, 0.25) is 5.91 Å². The number of anilines is 1. The van der Waals surface area contributed by atoms with Gasteiger partial charge in [0.25, 0.3) is 5.91 Å². The van der Waals surface area contributed by atoms with E-state index in [2.05, 4.69) is 15.5 Å². The number of morpholine rings is 1. The molecule has 4 N–H and O–H groups in total. The van der Waals surface area contributed by atoms with Crippen LogP contribution in [-0.4, -0.2) is 59.8 Å². The Balaban J connectivity index is 2.21. The minimum atomic E-state index is -0.634. The Morgan fingerprint density at radius 3 is 3.06 bits per heavy atom. The SMILES string of the molecule is CNC(=O)C1COCCN1C(=O)c1cn[nH]c1N. The highest BCUT2D eigenvalue weighted by atomic mass is 16.5. The summed E-state index contributed by atoms with van der Waals surface area (Å²) in [7, 11) is 1.52. The summed E-state index contributed by atoms with van der Waals surface area (Å²) in [6.07, 6.45) is 1.36. The van der Waals surface area contributed by atoms with Crippen molar-refractivity contribution in [3.63, 3.8) is 0 Å². The number of aromatic nitrogens is 2. The van der Waals surface area contributed by atoms with Crippen molar-refractivity contribution >= 4 is 17.6 Å². The number of likely N-dealkylation sites (N-methyl/N-ethyl adjacent to an activating group) is 1. The van der Waals surface area contributed by atoms with Crippen LogP contribution < -0.4 is 11.1 Å². The van der Waals surface area contributed by atoms with Gasteiger partial charge in [0.15, 0.2) is 0 Å². The van der Waals surface area contributed by atoms with E-state index < -0.39 is 6.04 Å². The van der Waals surface area contributed by atoms with Crippen LogP contribution in [0.5, 0.6) is 0 Å². The van der Waals surface area contributed by atoms with E-state index in [0.29, 0.717) is 13.2 Å². The van der Waals surface area contributed by atoms with Gasteiger partial charge < -0.3 is 20.7 Å². The van der Waals surface area contributed by atoms with Crippen molar-refractivity contribution in [3.8, 4) is 0 Å². The number of carbonyl (C=O) groups excluding carboxylic acids is 2. The molecule has 1 saturated heterocycles. The topological polar surface area (TPSA) is 113 Å². The van der Waals surface area contributed by atoms with E-state index in [1.54, 1.807) is 0 Å². The van der Waals surface area contributed by atoms with Gasteiger partial charge in [-0.05, 0) is 0 Å². The molecule has 1 aliphatic rings. The molecule has 1 aromatic rings. The van der Waals surface area contributed by atoms with E-state index in [4.69, 9.17) is 10.5 Å². The van der Waals surface area contributed by atoms with Crippen LogP contribution in [0.25, 0.3) is 0 Å². The van der Waals surface area contributed by atoms with Crippen molar-refractivity contribution in [1.82, 2.24) is 20.4 Å². The predicted octanol–water partition coefficient (Wildman–Crippen LogP) is -1.42. The number of nitrogens with one attached hydrogen (secondary N) is 2. The van der Waals surface area contributed by atoms with E-state index in [1.807, 2.05) is 0 Å². The minimum absolute atomic E-state index is 0.184. The molecule has 98 valence electrons. The highest BCUT2D eigenvalue weighted by Gasteiger charge is 2.33. The molecule has 8 nitrogen and oxygen atoms in total. The molecule has 0 aromatic carbocycles. The first-order valence-corrected chi connectivity index (χ1v) is 5.54. The molecule has 1 aliphatic heterocycles. The molecule has 0 saturated carbocycles. The normalized spacial score (nSPS) is 19.6. The number of amides is 2. The predicted molar refractivity (Wildman–Crippen MR) is 62.7 cm³/mol. The zero-order chi connectivity index (χ0) is 13.1. The fourth-order valence-corrected chi connectivity index (χ4v) is 1.85. The zero-order valence-corrected chi connectivity index (χ0v) is 9.97. The summed E-state index contributed by atoms with van der Waals surface area (Å²) in [5, 5.41) is 8.71. The molecule has 18 heavy (non-hydrogen) atoms. The van der Waals surface area contributed by atoms with Gasteiger partial charge in [-0.3, -0.25) is 14.7 Å². The van der Waals surface area contributed by atoms with Gasteiger partial charge in [0, 0.05) is 13.6 Å². The van der Waals surface area contributed by atoms with Crippen molar-refractivity contribution < 1.29 is 14.3 Å². The van der Waals surface area contributed by atoms with Gasteiger partial charge in [-0.25, -0.2) is 0 Å². The van der Waals surface area contributed by atoms with Crippen LogP contribution in [0.2, 0.25) is 0 Å². The summed E-state index contributed by atoms with van der Waals surface area (Å²) in [5.74, 6) is -0.384. The molecule has 1 unspecified atom stereocenters. The summed E-state index contributed by atoms with van der Waals surface area (Å²) < 4.78 is 5.22. The third-order valence-electron chi connectivity index (χ3n) is 2.84. The smallest absolute Gasteiger partial charge is 0.260 e. The molecule has 1 fully saturated rings. The van der Waals surface area contributed by atoms with E-state index in [-0.39, 0.29) is 29.8 Å². The number of nitrogen functional groups attached to an aromatic ring is 1. The van der Waals surface area contributed by atoms with Crippen LogP contribution in [0.15, 0.2) is 6.20 Å². The van der Waals surface area contributed by atoms with Crippen LogP contribution in [-0.2, 0) is 9.53 Å². The second kappa shape index (κ2) is 5.05. The van der Waals surface area contributed by atoms with Crippen LogP contribution in [0.4, 0.5) is 5.82 Å². The lowest BCUT2D eigenvalue weighted by Gasteiger charge is -2.34. The second-order valence-electron chi connectivity index (χ2n) is 3.90. The fraction of sp³-hybridized carbons (Fsp3) is 0.500. The monoisotopic (exact) mass is 253 g/mol. The van der Waals surface area contributed by atoms with E-state index in [1.165, 1.54) is 18.1 Å². The molecule has 1 aromatic heterocycles. The van der Waals surface area contributed by atoms with E-state index >= 15 is 0 Å². The van der Waals surface area contributed by atoms with E-state index in [9.17, 15) is 9.59 Å². The average Bonchev–Trinajstić information content (AvgIpc) is 2.83. The molecule has 2 rings (SSSR count). The third kappa shape index (κ3) is 2.14. The summed E-state index contributed by atoms with van der Waals surface area (Å²) >= 11 is 0. The number of aromatic amines is 1. The molecule has 0 bridgehead atoms. The van der Waals surface area contributed by atoms with Gasteiger partial charge in [0.05, 0.1) is 19.4 Å². The Morgan fingerprint density at radius 2 is 2.44 bits per heavy atom. The van der Waals surface area contributed by atoms with Crippen molar-refractivity contribution in [1.29, 1.82) is 0 Å². The lowest BCUT2D eigenvalue weighted by molar-refractivity contribution is -0.130. The Bertz CT molecular complexity index is 458. The number of H-pyrrole nitrogens is 1. The Kier molecular flexibility index (Phi) is 3.47. The number of ether oxygens (including phenoxy) is 1. The Morgan fingerprint density at radius 1 is 1.67 bits per heavy atom. The summed E-state index contributed by atoms with van der Waals surface area (Å²) in [5.41, 5.74) is 5.87. The van der Waals surface area contributed by atoms with Gasteiger partial charge in [-0.1, -0.05) is 0 Å². The molecule has 2 amide bonds. The summed E-state index contributed by atoms with van der Waals surface area (Å²) in [6.45, 7) is 0.932. The number of nitrogens with two attached hydrogens (primary N) is 1. The second-order valence-corrected chi connectivity index (χ2v) is 3.90. The summed E-state index contributed by atoms with van der Waals surface area (Å²) in [4.78, 5) is 25.4. The first-order chi connectivity index (χ1) is 8.65. The lowest BCUT2D eigenvalue weighted by atomic mass is 10.1. The number of carbonyl (C=O) groups is 2. The first-order valence-electron chi connectivity index (χ1n) is 5.54. The molecule has 2 heterocycles. The average molecular weight is 253 g/mol. The molecule has 0 spiro atoms. The largest absolute Gasteiger partial charge is 0.383 e. The standard InChI is InChI=1S/C10H15N5O3/c1-12-9(16)7-5-18-3-2-15(7)10(17)6-4-13-14-8(6)11/h4,7H,2-3,5H2,1H3,(H,12,16)(H3,11,13,14). The van der Waals surface area contributed by atoms with Gasteiger partial charge in [-0.15, -0.1) is 0 Å². The van der Waals surface area contributed by atoms with Gasteiger partial charge in [-0.2, -0.15) is 5.10 Å². The van der Waals surface area contributed by atoms with Crippen molar-refractivity contribution in [2.45, 2.75) is 6.04 Å². The van der Waals surface area contributed by atoms with Crippen molar-refractivity contribution in [2.24, 2.45) is 0 Å². The number of rotatable bonds is 2. The van der Waals surface area contributed by atoms with Gasteiger partial charge in [0.1, 0.15) is 17.4 Å². The van der Waals surface area contributed by atoms with Crippen LogP contribution in [0, 0.1) is 0 Å². The zero-order valence-electron chi connectivity index (χ0n) is 9.97. The summed E-state index contributed by atoms with van der Waals surface area (Å²) in [6, 6.07) is -0.634. The van der Waals surface area contributed by atoms with Crippen molar-refractivity contribution in [3.05, 3.63) is 11.8 Å². The molecule has 8 heteroatoms. The molecular formula is C10H15N5O3. The van der Waals surface area contributed by atoms with Crippen molar-refractivity contribution in [2.75, 3.05) is 32.5 Å². The minimum Gasteiger partial charge on any atom is -0.383 e. The van der Waals surface area contributed by atoms with Crippen LogP contribution >= 0.6 is 0 Å². The highest BCUT2D eigenvalue weighted by molar-refractivity contribution is 6.00. The lowest BCUT2D eigenvalue weighted by Crippen LogP contribution is -2.55. The Hall–Kier alpha value is -2.09. The van der Waals surface area contributed by atoms with Crippen LogP contribution in [0.1, 0.15) is 10.4 Å². The molecule has 0 radical (unpaired) electrons. The Labute approximate surface area is 103 Å². The fourth-order valence-electron chi connectivity index (χ4n) is 1.85. The van der Waals surface area contributed by atoms with Gasteiger partial charge >= 0.3 is 0 Å². The molecule has 0 aliphatic carbocycles. The number of nitrogens with zero attached hydrogens (tertiary/aromatic N) is 2. The van der Waals surface area contributed by atoms with Crippen LogP contribution in [0.3, 0.4) is 0 Å². The maximum Gasteiger partial charge on any atom is 0.260 e. The maximum absolute atomic E-state index is 12.3. The maximum atomic E-state index is 12.3. The quantitative estimate of drug-likeness (QED) is 0.598. The first kappa shape index (κ1) is 12.4. The third-order valence-corrected chi connectivity index (χ3v) is 2.84. The molecule has 1 atom stereocenters. The highest BCUT2D eigenvalue weighted by Crippen LogP contribution is 2.15. The van der Waals surface area contributed by atoms with E-state index in [0.717, 1.165) is 0 Å². The molecular weight excluding hydrogens is 238 g/mol. The number of hydrogen-bond donors (Lipinski definition) is 3.